The first-order valence-corrected chi connectivity index (χ1v) is 7.80. The van der Waals surface area contributed by atoms with Crippen LogP contribution < -0.4 is 10.4 Å². The van der Waals surface area contributed by atoms with Gasteiger partial charge in [0.25, 0.3) is 0 Å². The van der Waals surface area contributed by atoms with Crippen molar-refractivity contribution in [3.8, 4) is 5.75 Å². The number of nitro benzene ring substituents is 1. The number of nitrogens with zero attached hydrogens (tertiary/aromatic N) is 1. The minimum absolute atomic E-state index is 0.0193. The molecule has 132 valence electrons. The lowest BCUT2D eigenvalue weighted by Crippen LogP contribution is -2.06. The Morgan fingerprint density at radius 2 is 1.96 bits per heavy atom. The van der Waals surface area contributed by atoms with Gasteiger partial charge >= 0.3 is 11.3 Å². The predicted octanol–water partition coefficient (Wildman–Crippen LogP) is 3.71. The van der Waals surface area contributed by atoms with E-state index >= 15 is 0 Å². The average molecular weight is 353 g/mol. The molecule has 0 spiro atoms. The fourth-order valence-electron chi connectivity index (χ4n) is 2.67. The minimum Gasteiger partial charge on any atom is -0.482 e. The third kappa shape index (κ3) is 3.19. The van der Waals surface area contributed by atoms with Crippen LogP contribution in [0.3, 0.4) is 0 Å². The number of benzene rings is 2. The van der Waals surface area contributed by atoms with Crippen LogP contribution in [0.2, 0.25) is 0 Å². The van der Waals surface area contributed by atoms with Gasteiger partial charge in [-0.3, -0.25) is 14.9 Å². The molecule has 7 nitrogen and oxygen atoms in total. The Labute approximate surface area is 148 Å². The second-order valence-electron chi connectivity index (χ2n) is 5.87. The number of aldehydes is 1. The van der Waals surface area contributed by atoms with Gasteiger partial charge < -0.3 is 9.15 Å². The number of hydrogen-bond acceptors (Lipinski definition) is 6. The molecule has 0 aliphatic rings. The third-order valence-electron chi connectivity index (χ3n) is 4.22. The van der Waals surface area contributed by atoms with Crippen LogP contribution in [0, 0.1) is 24.0 Å². The smallest absolute Gasteiger partial charge is 0.336 e. The normalized spacial score (nSPS) is 10.7. The van der Waals surface area contributed by atoms with E-state index < -0.39 is 10.5 Å². The van der Waals surface area contributed by atoms with Crippen LogP contribution in [-0.2, 0) is 6.61 Å². The molecule has 3 aromatic rings. The third-order valence-corrected chi connectivity index (χ3v) is 4.22. The Morgan fingerprint density at radius 1 is 1.19 bits per heavy atom. The summed E-state index contributed by atoms with van der Waals surface area (Å²) in [5, 5.41) is 11.9. The highest BCUT2D eigenvalue weighted by atomic mass is 16.6. The van der Waals surface area contributed by atoms with Crippen molar-refractivity contribution < 1.29 is 18.9 Å². The second kappa shape index (κ2) is 6.79. The molecule has 0 aliphatic heterocycles. The first kappa shape index (κ1) is 17.3. The van der Waals surface area contributed by atoms with E-state index in [2.05, 4.69) is 0 Å². The molecule has 0 saturated carbocycles. The first-order chi connectivity index (χ1) is 12.4. The van der Waals surface area contributed by atoms with Gasteiger partial charge in [-0.1, -0.05) is 12.1 Å². The Morgan fingerprint density at radius 3 is 2.65 bits per heavy atom. The average Bonchev–Trinajstić information content (AvgIpc) is 2.62. The number of hydrogen-bond donors (Lipinski definition) is 0. The molecule has 0 bridgehead atoms. The highest BCUT2D eigenvalue weighted by molar-refractivity contribution is 5.84. The van der Waals surface area contributed by atoms with Gasteiger partial charge in [-0.15, -0.1) is 0 Å². The Hall–Kier alpha value is -3.48. The maximum atomic E-state index is 11.9. The predicted molar refractivity (Wildman–Crippen MR) is 94.8 cm³/mol. The van der Waals surface area contributed by atoms with E-state index in [1.54, 1.807) is 0 Å². The number of aryl methyl sites for hydroxylation is 2. The molecule has 0 saturated heterocycles. The molecule has 0 atom stereocenters. The van der Waals surface area contributed by atoms with Gasteiger partial charge in [-0.25, -0.2) is 4.79 Å². The topological polar surface area (TPSA) is 99.6 Å². The van der Waals surface area contributed by atoms with Crippen LogP contribution in [0.5, 0.6) is 5.75 Å². The molecule has 0 fully saturated rings. The fourth-order valence-corrected chi connectivity index (χ4v) is 2.67. The molecule has 0 N–H and O–H groups in total. The molecule has 0 unspecified atom stereocenters. The summed E-state index contributed by atoms with van der Waals surface area (Å²) in [6.45, 7) is 3.72. The van der Waals surface area contributed by atoms with Crippen molar-refractivity contribution in [1.82, 2.24) is 0 Å². The van der Waals surface area contributed by atoms with Crippen LogP contribution in [0.15, 0.2) is 45.6 Å². The summed E-state index contributed by atoms with van der Waals surface area (Å²) >= 11 is 0. The van der Waals surface area contributed by atoms with Crippen LogP contribution in [0.25, 0.3) is 11.0 Å². The van der Waals surface area contributed by atoms with E-state index in [0.717, 1.165) is 17.2 Å². The molecule has 1 heterocycles. The van der Waals surface area contributed by atoms with E-state index in [1.807, 2.05) is 26.0 Å². The summed E-state index contributed by atoms with van der Waals surface area (Å²) < 4.78 is 10.9. The summed E-state index contributed by atoms with van der Waals surface area (Å²) in [7, 11) is 0. The SMILES string of the molecule is Cc1ccc2c(COc3ccc(C=O)cc3[N+](=O)[O-])cc(=O)oc2c1C. The summed E-state index contributed by atoms with van der Waals surface area (Å²) in [4.78, 5) is 33.3. The maximum absolute atomic E-state index is 11.9. The van der Waals surface area contributed by atoms with E-state index in [9.17, 15) is 19.7 Å². The van der Waals surface area contributed by atoms with E-state index in [1.165, 1.54) is 18.2 Å². The van der Waals surface area contributed by atoms with Gasteiger partial charge in [-0.2, -0.15) is 0 Å². The van der Waals surface area contributed by atoms with Crippen LogP contribution in [0.4, 0.5) is 5.69 Å². The first-order valence-electron chi connectivity index (χ1n) is 7.80. The zero-order chi connectivity index (χ0) is 18.8. The zero-order valence-electron chi connectivity index (χ0n) is 14.1. The minimum atomic E-state index is -0.618. The van der Waals surface area contributed by atoms with Crippen molar-refractivity contribution in [2.75, 3.05) is 0 Å². The Kier molecular flexibility index (Phi) is 4.53. The lowest BCUT2D eigenvalue weighted by Gasteiger charge is -2.11. The maximum Gasteiger partial charge on any atom is 0.336 e. The lowest BCUT2D eigenvalue weighted by atomic mass is 10.0. The number of fused-ring (bicyclic) bond motifs is 1. The summed E-state index contributed by atoms with van der Waals surface area (Å²) in [5.41, 5.74) is 2.22. The van der Waals surface area contributed by atoms with Gasteiger partial charge in [0, 0.05) is 28.6 Å². The van der Waals surface area contributed by atoms with Crippen molar-refractivity contribution in [1.29, 1.82) is 0 Å². The highest BCUT2D eigenvalue weighted by Gasteiger charge is 2.17. The number of rotatable bonds is 5. The van der Waals surface area contributed by atoms with E-state index in [-0.39, 0.29) is 23.6 Å². The van der Waals surface area contributed by atoms with Gasteiger partial charge in [-0.05, 0) is 37.1 Å². The molecule has 7 heteroatoms. The van der Waals surface area contributed by atoms with E-state index in [4.69, 9.17) is 9.15 Å². The lowest BCUT2D eigenvalue weighted by molar-refractivity contribution is -0.386. The zero-order valence-corrected chi connectivity index (χ0v) is 14.1. The molecule has 0 amide bonds. The van der Waals surface area contributed by atoms with Gasteiger partial charge in [0.15, 0.2) is 5.75 Å². The van der Waals surface area contributed by atoms with Crippen molar-refractivity contribution in [2.45, 2.75) is 20.5 Å². The van der Waals surface area contributed by atoms with Gasteiger partial charge in [0.2, 0.25) is 0 Å². The van der Waals surface area contributed by atoms with Gasteiger partial charge in [0.05, 0.1) is 4.92 Å². The summed E-state index contributed by atoms with van der Waals surface area (Å²) in [6.07, 6.45) is 0.526. The van der Waals surface area contributed by atoms with E-state index in [0.29, 0.717) is 22.8 Å². The molecule has 2 aromatic carbocycles. The highest BCUT2D eigenvalue weighted by Crippen LogP contribution is 2.29. The number of carbonyl (C=O) groups is 1. The molecule has 1 aromatic heterocycles. The molecular formula is C19H15NO6. The van der Waals surface area contributed by atoms with Crippen molar-refractivity contribution >= 4 is 22.9 Å². The number of nitro groups is 1. The molecule has 3 rings (SSSR count). The van der Waals surface area contributed by atoms with Crippen LogP contribution in [0.1, 0.15) is 27.0 Å². The fraction of sp³-hybridized carbons (Fsp3) is 0.158. The molecule has 0 aliphatic carbocycles. The van der Waals surface area contributed by atoms with Gasteiger partial charge in [0.1, 0.15) is 18.5 Å². The molecule has 0 radical (unpaired) electrons. The van der Waals surface area contributed by atoms with Crippen LogP contribution >= 0.6 is 0 Å². The summed E-state index contributed by atoms with van der Waals surface area (Å²) in [6, 6.07) is 8.98. The monoisotopic (exact) mass is 353 g/mol. The standard InChI is InChI=1S/C19H15NO6/c1-11-3-5-15-14(8-18(22)26-19(15)12(11)2)10-25-17-6-4-13(9-21)7-16(17)20(23)24/h3-9H,10H2,1-2H3. The Bertz CT molecular complexity index is 1080. The molecule has 26 heavy (non-hydrogen) atoms. The Balaban J connectivity index is 2.01. The largest absolute Gasteiger partial charge is 0.482 e. The van der Waals surface area contributed by atoms with Crippen LogP contribution in [-0.4, -0.2) is 11.2 Å². The van der Waals surface area contributed by atoms with Crippen molar-refractivity contribution in [2.24, 2.45) is 0 Å². The number of carbonyl (C=O) groups excluding carboxylic acids is 1. The molecular weight excluding hydrogens is 338 g/mol. The van der Waals surface area contributed by atoms with Crippen molar-refractivity contribution in [3.63, 3.8) is 0 Å². The van der Waals surface area contributed by atoms with Crippen molar-refractivity contribution in [3.05, 3.63) is 79.2 Å². The number of ether oxygens (including phenoxy) is 1. The quantitative estimate of drug-likeness (QED) is 0.300. The summed E-state index contributed by atoms with van der Waals surface area (Å²) in [5.74, 6) is 0.0193. The second-order valence-corrected chi connectivity index (χ2v) is 5.87.